The van der Waals surface area contributed by atoms with Crippen molar-refractivity contribution < 1.29 is 19.4 Å². The van der Waals surface area contributed by atoms with Crippen LogP contribution in [0, 0.1) is 5.92 Å². The fourth-order valence-corrected chi connectivity index (χ4v) is 2.57. The Balaban J connectivity index is 1.88. The van der Waals surface area contributed by atoms with Crippen LogP contribution < -0.4 is 10.1 Å². The van der Waals surface area contributed by atoms with Crippen LogP contribution in [0.1, 0.15) is 32.3 Å². The maximum Gasteiger partial charge on any atom is 0.223 e. The molecular weight excluding hydrogens is 308 g/mol. The third-order valence-electron chi connectivity index (χ3n) is 4.10. The molecule has 2 N–H and O–H groups in total. The number of nitrogens with zero attached hydrogens (tertiary/aromatic N) is 1. The van der Waals surface area contributed by atoms with E-state index in [1.807, 2.05) is 24.3 Å². The number of aliphatic hydroxyl groups excluding tert-OH is 1. The Morgan fingerprint density at radius 1 is 1.33 bits per heavy atom. The van der Waals surface area contributed by atoms with Gasteiger partial charge in [-0.05, 0) is 12.5 Å². The van der Waals surface area contributed by atoms with E-state index in [1.54, 1.807) is 18.7 Å². The Morgan fingerprint density at radius 2 is 2.08 bits per heavy atom. The molecule has 2 amide bonds. The first-order valence-corrected chi connectivity index (χ1v) is 8.41. The molecule has 1 heterocycles. The summed E-state index contributed by atoms with van der Waals surface area (Å²) in [7, 11) is 0. The highest BCUT2D eigenvalue weighted by molar-refractivity contribution is 5.79. The third-order valence-corrected chi connectivity index (χ3v) is 4.10. The predicted molar refractivity (Wildman–Crippen MR) is 90.4 cm³/mol. The highest BCUT2D eigenvalue weighted by Crippen LogP contribution is 2.22. The first kappa shape index (κ1) is 18.3. The smallest absolute Gasteiger partial charge is 0.223 e. The first-order chi connectivity index (χ1) is 11.5. The van der Waals surface area contributed by atoms with E-state index in [-0.39, 0.29) is 36.8 Å². The van der Waals surface area contributed by atoms with Crippen molar-refractivity contribution in [3.8, 4) is 5.75 Å². The van der Waals surface area contributed by atoms with Gasteiger partial charge in [0.1, 0.15) is 12.4 Å². The van der Waals surface area contributed by atoms with Crippen molar-refractivity contribution in [2.45, 2.75) is 39.3 Å². The third kappa shape index (κ3) is 4.96. The summed E-state index contributed by atoms with van der Waals surface area (Å²) in [6.07, 6.45) is 0.707. The molecule has 24 heavy (non-hydrogen) atoms. The van der Waals surface area contributed by atoms with Gasteiger partial charge in [0.15, 0.2) is 0 Å². The van der Waals surface area contributed by atoms with Gasteiger partial charge in [0.2, 0.25) is 11.8 Å². The summed E-state index contributed by atoms with van der Waals surface area (Å²) < 4.78 is 5.66. The fraction of sp³-hybridized carbons (Fsp3) is 0.556. The molecule has 0 aromatic heterocycles. The molecule has 0 bridgehead atoms. The highest BCUT2D eigenvalue weighted by atomic mass is 16.5. The lowest BCUT2D eigenvalue weighted by Gasteiger charge is -2.22. The van der Waals surface area contributed by atoms with Gasteiger partial charge in [-0.1, -0.05) is 32.0 Å². The quantitative estimate of drug-likeness (QED) is 0.822. The number of nitrogens with one attached hydrogen (secondary N) is 1. The lowest BCUT2D eigenvalue weighted by Crippen LogP contribution is -2.41. The fourth-order valence-electron chi connectivity index (χ4n) is 2.57. The van der Waals surface area contributed by atoms with Crippen LogP contribution in [0.3, 0.4) is 0 Å². The number of rotatable bonds is 6. The number of hydrogen-bond acceptors (Lipinski definition) is 4. The average Bonchev–Trinajstić information content (AvgIpc) is 2.80. The van der Waals surface area contributed by atoms with Gasteiger partial charge in [-0.15, -0.1) is 0 Å². The summed E-state index contributed by atoms with van der Waals surface area (Å²) in [6.45, 7) is 4.95. The zero-order valence-electron chi connectivity index (χ0n) is 14.3. The second-order valence-corrected chi connectivity index (χ2v) is 6.35. The number of ether oxygens (including phenoxy) is 1. The Bertz CT molecular complexity index is 574. The minimum Gasteiger partial charge on any atom is -0.491 e. The van der Waals surface area contributed by atoms with E-state index in [2.05, 4.69) is 5.32 Å². The van der Waals surface area contributed by atoms with Crippen molar-refractivity contribution in [3.63, 3.8) is 0 Å². The summed E-state index contributed by atoms with van der Waals surface area (Å²) in [4.78, 5) is 26.0. The molecule has 2 rings (SSSR count). The second-order valence-electron chi connectivity index (χ2n) is 6.35. The van der Waals surface area contributed by atoms with Crippen molar-refractivity contribution in [1.82, 2.24) is 10.2 Å². The van der Waals surface area contributed by atoms with E-state index in [1.165, 1.54) is 0 Å². The Kier molecular flexibility index (Phi) is 6.61. The van der Waals surface area contributed by atoms with E-state index in [0.29, 0.717) is 26.1 Å². The summed E-state index contributed by atoms with van der Waals surface area (Å²) in [5.41, 5.74) is 0.996. The van der Waals surface area contributed by atoms with Gasteiger partial charge in [0.05, 0.1) is 19.2 Å². The molecule has 1 aliphatic heterocycles. The van der Waals surface area contributed by atoms with E-state index in [0.717, 1.165) is 11.3 Å². The molecule has 1 aliphatic rings. The van der Waals surface area contributed by atoms with Gasteiger partial charge in [-0.2, -0.15) is 0 Å². The molecule has 0 fully saturated rings. The minimum atomic E-state index is -0.389. The maximum absolute atomic E-state index is 12.5. The number of carbonyl (C=O) groups excluding carboxylic acids is 2. The average molecular weight is 334 g/mol. The van der Waals surface area contributed by atoms with Crippen LogP contribution in [0.15, 0.2) is 24.3 Å². The van der Waals surface area contributed by atoms with E-state index >= 15 is 0 Å². The van der Waals surface area contributed by atoms with Gasteiger partial charge >= 0.3 is 0 Å². The lowest BCUT2D eigenvalue weighted by molar-refractivity contribution is -0.132. The van der Waals surface area contributed by atoms with Crippen LogP contribution in [-0.4, -0.2) is 47.6 Å². The van der Waals surface area contributed by atoms with Gasteiger partial charge in [-0.3, -0.25) is 9.59 Å². The molecule has 0 spiro atoms. The number of benzene rings is 1. The molecule has 0 saturated heterocycles. The van der Waals surface area contributed by atoms with E-state index in [9.17, 15) is 14.7 Å². The Labute approximate surface area is 142 Å². The molecule has 1 aromatic carbocycles. The monoisotopic (exact) mass is 334 g/mol. The van der Waals surface area contributed by atoms with Crippen LogP contribution in [-0.2, 0) is 16.1 Å². The second kappa shape index (κ2) is 8.68. The van der Waals surface area contributed by atoms with Gasteiger partial charge in [0.25, 0.3) is 0 Å². The standard InChI is InChI=1S/C18H26N2O4/c1-13(2)18(23)19-15(12-21)7-8-17(22)20-9-10-24-16-6-4-3-5-14(16)11-20/h3-6,13,15,21H,7-12H2,1-2H3,(H,19,23)/t15-/m0/s1. The van der Waals surface area contributed by atoms with Crippen molar-refractivity contribution in [2.75, 3.05) is 19.8 Å². The van der Waals surface area contributed by atoms with Crippen molar-refractivity contribution in [1.29, 1.82) is 0 Å². The van der Waals surface area contributed by atoms with Crippen LogP contribution in [0.4, 0.5) is 0 Å². The molecule has 0 aliphatic carbocycles. The molecule has 0 saturated carbocycles. The molecule has 0 unspecified atom stereocenters. The van der Waals surface area contributed by atoms with E-state index < -0.39 is 0 Å². The Hall–Kier alpha value is -2.08. The number of hydrogen-bond donors (Lipinski definition) is 2. The normalized spacial score (nSPS) is 15.2. The van der Waals surface area contributed by atoms with E-state index in [4.69, 9.17) is 4.74 Å². The predicted octanol–water partition coefficient (Wildman–Crippen LogP) is 1.32. The molecule has 6 nitrogen and oxygen atoms in total. The molecule has 1 aromatic rings. The maximum atomic E-state index is 12.5. The summed E-state index contributed by atoms with van der Waals surface area (Å²) >= 11 is 0. The minimum absolute atomic E-state index is 0.00699. The molecular formula is C18H26N2O4. The van der Waals surface area contributed by atoms with Crippen molar-refractivity contribution in [3.05, 3.63) is 29.8 Å². The van der Waals surface area contributed by atoms with Crippen molar-refractivity contribution >= 4 is 11.8 Å². The van der Waals surface area contributed by atoms with Crippen LogP contribution >= 0.6 is 0 Å². The van der Waals surface area contributed by atoms with Gasteiger partial charge in [-0.25, -0.2) is 0 Å². The first-order valence-electron chi connectivity index (χ1n) is 8.41. The summed E-state index contributed by atoms with van der Waals surface area (Å²) in [5.74, 6) is 0.574. The van der Waals surface area contributed by atoms with Gasteiger partial charge in [0, 0.05) is 24.4 Å². The summed E-state index contributed by atoms with van der Waals surface area (Å²) in [5, 5.41) is 12.2. The zero-order valence-corrected chi connectivity index (χ0v) is 14.3. The number of carbonyl (C=O) groups is 2. The molecule has 0 radical (unpaired) electrons. The summed E-state index contributed by atoms with van der Waals surface area (Å²) in [6, 6.07) is 7.32. The Morgan fingerprint density at radius 3 is 2.79 bits per heavy atom. The largest absolute Gasteiger partial charge is 0.491 e. The van der Waals surface area contributed by atoms with Gasteiger partial charge < -0.3 is 20.1 Å². The number of fused-ring (bicyclic) bond motifs is 1. The van der Waals surface area contributed by atoms with Crippen LogP contribution in [0.5, 0.6) is 5.75 Å². The molecule has 1 atom stereocenters. The number of para-hydroxylation sites is 1. The van der Waals surface area contributed by atoms with Crippen LogP contribution in [0.25, 0.3) is 0 Å². The SMILES string of the molecule is CC(C)C(=O)N[C@H](CO)CCC(=O)N1CCOc2ccccc2C1. The molecule has 132 valence electrons. The molecule has 6 heteroatoms. The van der Waals surface area contributed by atoms with Crippen LogP contribution in [0.2, 0.25) is 0 Å². The number of aliphatic hydroxyl groups is 1. The zero-order chi connectivity index (χ0) is 17.5. The lowest BCUT2D eigenvalue weighted by atomic mass is 10.1. The highest BCUT2D eigenvalue weighted by Gasteiger charge is 2.21. The topological polar surface area (TPSA) is 78.9 Å². The number of amides is 2. The van der Waals surface area contributed by atoms with Crippen molar-refractivity contribution in [2.24, 2.45) is 5.92 Å².